The molecule has 0 spiro atoms. The zero-order chi connectivity index (χ0) is 20.3. The lowest BCUT2D eigenvalue weighted by atomic mass is 10.1. The maximum atomic E-state index is 14.1. The standard InChI is InChI=1S/C21H22ClF2NO2S/c1-21(2,27-16-6-3-14(22)4-7-16)20(26)25-10-9-19(28-12-11-25)17-13-15(23)5-8-18(17)24/h3-8,13,19H,9-12H2,1-2H3. The summed E-state index contributed by atoms with van der Waals surface area (Å²) in [5.41, 5.74) is -0.696. The minimum absolute atomic E-state index is 0.136. The number of nitrogens with zero attached hydrogens (tertiary/aromatic N) is 1. The molecule has 0 aromatic heterocycles. The largest absolute Gasteiger partial charge is 0.478 e. The molecule has 7 heteroatoms. The van der Waals surface area contributed by atoms with Crippen molar-refractivity contribution in [3.8, 4) is 5.75 Å². The molecule has 0 aliphatic carbocycles. The van der Waals surface area contributed by atoms with Gasteiger partial charge in [-0.2, -0.15) is 11.8 Å². The van der Waals surface area contributed by atoms with E-state index in [0.29, 0.717) is 41.6 Å². The van der Waals surface area contributed by atoms with Gasteiger partial charge in [-0.3, -0.25) is 4.79 Å². The number of hydrogen-bond acceptors (Lipinski definition) is 3. The van der Waals surface area contributed by atoms with Gasteiger partial charge in [0.2, 0.25) is 0 Å². The second-order valence-electron chi connectivity index (χ2n) is 7.17. The first-order chi connectivity index (χ1) is 13.3. The van der Waals surface area contributed by atoms with Crippen LogP contribution in [0.4, 0.5) is 8.78 Å². The van der Waals surface area contributed by atoms with E-state index in [4.69, 9.17) is 16.3 Å². The van der Waals surface area contributed by atoms with Crippen molar-refractivity contribution in [1.29, 1.82) is 0 Å². The zero-order valence-corrected chi connectivity index (χ0v) is 17.3. The van der Waals surface area contributed by atoms with Crippen LogP contribution in [0.5, 0.6) is 5.75 Å². The second-order valence-corrected chi connectivity index (χ2v) is 8.92. The van der Waals surface area contributed by atoms with Gasteiger partial charge in [0.1, 0.15) is 17.4 Å². The van der Waals surface area contributed by atoms with Crippen molar-refractivity contribution < 1.29 is 18.3 Å². The van der Waals surface area contributed by atoms with Crippen LogP contribution in [0, 0.1) is 11.6 Å². The third-order valence-electron chi connectivity index (χ3n) is 4.64. The fraction of sp³-hybridized carbons (Fsp3) is 0.381. The molecule has 0 radical (unpaired) electrons. The Morgan fingerprint density at radius 2 is 1.89 bits per heavy atom. The van der Waals surface area contributed by atoms with E-state index in [0.717, 1.165) is 12.1 Å². The predicted molar refractivity (Wildman–Crippen MR) is 109 cm³/mol. The maximum absolute atomic E-state index is 14.1. The van der Waals surface area contributed by atoms with E-state index in [2.05, 4.69) is 0 Å². The summed E-state index contributed by atoms with van der Waals surface area (Å²) in [6.45, 7) is 4.45. The Hall–Kier alpha value is -1.79. The molecule has 1 fully saturated rings. The molecule has 1 saturated heterocycles. The van der Waals surface area contributed by atoms with Gasteiger partial charge in [0.15, 0.2) is 5.60 Å². The summed E-state index contributed by atoms with van der Waals surface area (Å²) < 4.78 is 33.5. The van der Waals surface area contributed by atoms with Crippen molar-refractivity contribution in [3.63, 3.8) is 0 Å². The Kier molecular flexibility index (Phi) is 6.50. The normalized spacial score (nSPS) is 17.9. The number of halogens is 3. The molecular formula is C21H22ClF2NO2S. The predicted octanol–water partition coefficient (Wildman–Crippen LogP) is 5.48. The highest BCUT2D eigenvalue weighted by Crippen LogP contribution is 2.36. The van der Waals surface area contributed by atoms with Gasteiger partial charge in [0.25, 0.3) is 5.91 Å². The van der Waals surface area contributed by atoms with Gasteiger partial charge >= 0.3 is 0 Å². The van der Waals surface area contributed by atoms with Gasteiger partial charge in [-0.1, -0.05) is 11.6 Å². The number of thioether (sulfide) groups is 1. The highest BCUT2D eigenvalue weighted by Gasteiger charge is 2.35. The highest BCUT2D eigenvalue weighted by atomic mass is 35.5. The topological polar surface area (TPSA) is 29.5 Å². The van der Waals surface area contributed by atoms with E-state index < -0.39 is 17.2 Å². The van der Waals surface area contributed by atoms with Gasteiger partial charge in [0, 0.05) is 34.7 Å². The minimum atomic E-state index is -1.05. The maximum Gasteiger partial charge on any atom is 0.266 e. The molecule has 0 saturated carbocycles. The fourth-order valence-electron chi connectivity index (χ4n) is 3.20. The smallest absolute Gasteiger partial charge is 0.266 e. The molecule has 0 bridgehead atoms. The monoisotopic (exact) mass is 425 g/mol. The molecule has 1 aliphatic rings. The molecular weight excluding hydrogens is 404 g/mol. The Bertz CT molecular complexity index is 845. The van der Waals surface area contributed by atoms with Crippen molar-refractivity contribution in [2.45, 2.75) is 31.1 Å². The third kappa shape index (κ3) is 4.97. The van der Waals surface area contributed by atoms with Crippen molar-refractivity contribution in [3.05, 3.63) is 64.7 Å². The molecule has 1 atom stereocenters. The summed E-state index contributed by atoms with van der Waals surface area (Å²) >= 11 is 7.43. The SMILES string of the molecule is CC(C)(Oc1ccc(Cl)cc1)C(=O)N1CCSC(c2cc(F)ccc2F)CC1. The second kappa shape index (κ2) is 8.70. The van der Waals surface area contributed by atoms with Crippen LogP contribution in [0.3, 0.4) is 0 Å². The van der Waals surface area contributed by atoms with Crippen LogP contribution in [-0.4, -0.2) is 35.3 Å². The Morgan fingerprint density at radius 3 is 2.61 bits per heavy atom. The molecule has 2 aromatic carbocycles. The first-order valence-electron chi connectivity index (χ1n) is 9.07. The summed E-state index contributed by atoms with van der Waals surface area (Å²) in [6, 6.07) is 10.4. The van der Waals surface area contributed by atoms with E-state index >= 15 is 0 Å². The molecule has 1 amide bonds. The zero-order valence-electron chi connectivity index (χ0n) is 15.8. The Morgan fingerprint density at radius 1 is 1.18 bits per heavy atom. The summed E-state index contributed by atoms with van der Waals surface area (Å²) in [5.74, 6) is 0.204. The number of carbonyl (C=O) groups is 1. The lowest BCUT2D eigenvalue weighted by Crippen LogP contribution is -2.49. The third-order valence-corrected chi connectivity index (χ3v) is 6.20. The molecule has 3 rings (SSSR count). The summed E-state index contributed by atoms with van der Waals surface area (Å²) in [4.78, 5) is 14.8. The first kappa shape index (κ1) is 20.9. The number of rotatable bonds is 4. The number of benzene rings is 2. The van der Waals surface area contributed by atoms with Crippen LogP contribution in [0.1, 0.15) is 31.1 Å². The van der Waals surface area contributed by atoms with Gasteiger partial charge in [-0.05, 0) is 62.7 Å². The molecule has 3 nitrogen and oxygen atoms in total. The van der Waals surface area contributed by atoms with Crippen LogP contribution in [0.2, 0.25) is 5.02 Å². The van der Waals surface area contributed by atoms with Gasteiger partial charge in [-0.15, -0.1) is 0 Å². The molecule has 0 N–H and O–H groups in total. The highest BCUT2D eigenvalue weighted by molar-refractivity contribution is 7.99. The number of amides is 1. The van der Waals surface area contributed by atoms with E-state index in [1.165, 1.54) is 6.07 Å². The number of ether oxygens (including phenoxy) is 1. The van der Waals surface area contributed by atoms with Gasteiger partial charge < -0.3 is 9.64 Å². The Balaban J connectivity index is 1.67. The lowest BCUT2D eigenvalue weighted by Gasteiger charge is -2.31. The van der Waals surface area contributed by atoms with Gasteiger partial charge in [0.05, 0.1) is 0 Å². The van der Waals surface area contributed by atoms with E-state index in [-0.39, 0.29) is 11.2 Å². The Labute approximate surface area is 173 Å². The van der Waals surface area contributed by atoms with Gasteiger partial charge in [-0.25, -0.2) is 8.78 Å². The van der Waals surface area contributed by atoms with Crippen molar-refractivity contribution >= 4 is 29.3 Å². The summed E-state index contributed by atoms with van der Waals surface area (Å²) in [5, 5.41) is 0.408. The number of hydrogen-bond donors (Lipinski definition) is 0. The van der Waals surface area contributed by atoms with Crippen LogP contribution in [-0.2, 0) is 4.79 Å². The molecule has 1 aliphatic heterocycles. The van der Waals surface area contributed by atoms with E-state index in [1.807, 2.05) is 0 Å². The van der Waals surface area contributed by atoms with Crippen LogP contribution < -0.4 is 4.74 Å². The molecule has 150 valence electrons. The average molecular weight is 426 g/mol. The molecule has 2 aromatic rings. The lowest BCUT2D eigenvalue weighted by molar-refractivity contribution is -0.145. The number of carbonyl (C=O) groups excluding carboxylic acids is 1. The van der Waals surface area contributed by atoms with Crippen molar-refractivity contribution in [2.24, 2.45) is 0 Å². The molecule has 1 heterocycles. The van der Waals surface area contributed by atoms with Crippen LogP contribution in [0.15, 0.2) is 42.5 Å². The fourth-order valence-corrected chi connectivity index (χ4v) is 4.57. The minimum Gasteiger partial charge on any atom is -0.478 e. The van der Waals surface area contributed by atoms with E-state index in [1.54, 1.807) is 54.8 Å². The van der Waals surface area contributed by atoms with Crippen molar-refractivity contribution in [2.75, 3.05) is 18.8 Å². The summed E-state index contributed by atoms with van der Waals surface area (Å²) in [7, 11) is 0. The molecule has 1 unspecified atom stereocenters. The van der Waals surface area contributed by atoms with Crippen molar-refractivity contribution in [1.82, 2.24) is 4.90 Å². The van der Waals surface area contributed by atoms with Crippen LogP contribution in [0.25, 0.3) is 0 Å². The first-order valence-corrected chi connectivity index (χ1v) is 10.5. The summed E-state index contributed by atoms with van der Waals surface area (Å²) in [6.07, 6.45) is 0.549. The average Bonchev–Trinajstić information content (AvgIpc) is 2.91. The molecule has 28 heavy (non-hydrogen) atoms. The quantitative estimate of drug-likeness (QED) is 0.649. The van der Waals surface area contributed by atoms with Crippen LogP contribution >= 0.6 is 23.4 Å². The van der Waals surface area contributed by atoms with E-state index in [9.17, 15) is 13.6 Å².